The third-order valence-electron chi connectivity index (χ3n) is 7.17. The summed E-state index contributed by atoms with van der Waals surface area (Å²) in [4.78, 5) is 30.1. The Bertz CT molecular complexity index is 1380. The minimum atomic E-state index is -0.211. The molecule has 3 aromatic rings. The Morgan fingerprint density at radius 3 is 2.12 bits per heavy atom. The van der Waals surface area contributed by atoms with Crippen LogP contribution >= 0.6 is 0 Å². The Morgan fingerprint density at radius 1 is 0.878 bits per heavy atom. The zero-order valence-corrected chi connectivity index (χ0v) is 24.6. The summed E-state index contributed by atoms with van der Waals surface area (Å²) in [6, 6.07) is 21.1. The summed E-state index contributed by atoms with van der Waals surface area (Å²) >= 11 is 0. The van der Waals surface area contributed by atoms with Gasteiger partial charge < -0.3 is 29.9 Å². The van der Waals surface area contributed by atoms with Crippen molar-refractivity contribution in [3.8, 4) is 11.5 Å². The zero-order valence-electron chi connectivity index (χ0n) is 24.6. The highest BCUT2D eigenvalue weighted by Gasteiger charge is 2.30. The van der Waals surface area contributed by atoms with Gasteiger partial charge >= 0.3 is 0 Å². The molecule has 216 valence electrons. The molecule has 0 aromatic heterocycles. The van der Waals surface area contributed by atoms with Crippen molar-refractivity contribution in [3.05, 3.63) is 77.9 Å². The highest BCUT2D eigenvalue weighted by molar-refractivity contribution is 6.37. The predicted molar refractivity (Wildman–Crippen MR) is 167 cm³/mol. The molecule has 41 heavy (non-hydrogen) atoms. The lowest BCUT2D eigenvalue weighted by atomic mass is 9.99. The molecular formula is C33H40N4O4. The smallest absolute Gasteiger partial charge is 0.258 e. The number of hydrogen-bond donors (Lipinski definition) is 2. The van der Waals surface area contributed by atoms with Crippen molar-refractivity contribution in [1.29, 1.82) is 0 Å². The van der Waals surface area contributed by atoms with Gasteiger partial charge in [0.15, 0.2) is 11.5 Å². The van der Waals surface area contributed by atoms with Crippen molar-refractivity contribution >= 4 is 40.1 Å². The van der Waals surface area contributed by atoms with Crippen LogP contribution in [0.2, 0.25) is 0 Å². The van der Waals surface area contributed by atoms with Crippen molar-refractivity contribution in [2.24, 2.45) is 0 Å². The number of benzene rings is 3. The van der Waals surface area contributed by atoms with E-state index < -0.39 is 0 Å². The number of amides is 2. The first-order chi connectivity index (χ1) is 19.9. The van der Waals surface area contributed by atoms with Crippen molar-refractivity contribution in [1.82, 2.24) is 4.90 Å². The lowest BCUT2D eigenvalue weighted by Gasteiger charge is -2.22. The zero-order chi connectivity index (χ0) is 29.4. The highest BCUT2D eigenvalue weighted by Crippen LogP contribution is 2.43. The average molecular weight is 557 g/mol. The van der Waals surface area contributed by atoms with Crippen LogP contribution in [-0.2, 0) is 9.59 Å². The van der Waals surface area contributed by atoms with E-state index in [1.807, 2.05) is 80.6 Å². The Morgan fingerprint density at radius 2 is 1.51 bits per heavy atom. The van der Waals surface area contributed by atoms with Gasteiger partial charge in [-0.15, -0.1) is 0 Å². The number of carbonyl (C=O) groups excluding carboxylic acids is 2. The summed E-state index contributed by atoms with van der Waals surface area (Å²) in [6.07, 6.45) is 0.464. The number of hydrogen-bond acceptors (Lipinski definition) is 6. The van der Waals surface area contributed by atoms with E-state index in [2.05, 4.69) is 29.4 Å². The first-order valence-corrected chi connectivity index (χ1v) is 14.3. The number of nitrogens with zero attached hydrogens (tertiary/aromatic N) is 2. The van der Waals surface area contributed by atoms with Gasteiger partial charge in [-0.3, -0.25) is 9.59 Å². The van der Waals surface area contributed by atoms with Gasteiger partial charge in [0.1, 0.15) is 0 Å². The van der Waals surface area contributed by atoms with Crippen LogP contribution in [0.4, 0.5) is 17.1 Å². The van der Waals surface area contributed by atoms with Crippen LogP contribution in [0.1, 0.15) is 45.2 Å². The first kappa shape index (κ1) is 29.7. The number of rotatable bonds is 13. The molecule has 4 rings (SSSR count). The monoisotopic (exact) mass is 556 g/mol. The summed E-state index contributed by atoms with van der Waals surface area (Å²) < 4.78 is 11.6. The Kier molecular flexibility index (Phi) is 10.0. The SMILES string of the molecule is CCOc1cc2c(cc1OCC)C(=C(Nc1ccc(N(C)C(=O)CCN(CC)CC)cc1)c1ccccc1)C(=O)N2. The van der Waals surface area contributed by atoms with Gasteiger partial charge in [0.2, 0.25) is 5.91 Å². The fraction of sp³-hybridized carbons (Fsp3) is 0.333. The molecular weight excluding hydrogens is 516 g/mol. The lowest BCUT2D eigenvalue weighted by molar-refractivity contribution is -0.118. The van der Waals surface area contributed by atoms with Gasteiger partial charge in [-0.1, -0.05) is 44.2 Å². The molecule has 0 saturated carbocycles. The van der Waals surface area contributed by atoms with Crippen LogP contribution in [0.25, 0.3) is 11.3 Å². The minimum Gasteiger partial charge on any atom is -0.490 e. The van der Waals surface area contributed by atoms with Gasteiger partial charge in [0, 0.05) is 43.0 Å². The number of anilines is 3. The predicted octanol–water partition coefficient (Wildman–Crippen LogP) is 6.11. The van der Waals surface area contributed by atoms with Crippen molar-refractivity contribution in [2.75, 3.05) is 55.4 Å². The molecule has 2 N–H and O–H groups in total. The van der Waals surface area contributed by atoms with Crippen molar-refractivity contribution < 1.29 is 19.1 Å². The van der Waals surface area contributed by atoms with E-state index in [0.717, 1.165) is 42.1 Å². The fourth-order valence-electron chi connectivity index (χ4n) is 4.86. The topological polar surface area (TPSA) is 83.1 Å². The van der Waals surface area contributed by atoms with Crippen LogP contribution in [0.3, 0.4) is 0 Å². The van der Waals surface area contributed by atoms with Crippen LogP contribution in [0, 0.1) is 0 Å². The second kappa shape index (κ2) is 13.9. The molecule has 8 heteroatoms. The van der Waals surface area contributed by atoms with E-state index in [9.17, 15) is 9.59 Å². The lowest BCUT2D eigenvalue weighted by Crippen LogP contribution is -2.32. The molecule has 0 atom stereocenters. The van der Waals surface area contributed by atoms with Crippen molar-refractivity contribution in [2.45, 2.75) is 34.1 Å². The second-order valence-corrected chi connectivity index (χ2v) is 9.68. The molecule has 0 unspecified atom stereocenters. The fourth-order valence-corrected chi connectivity index (χ4v) is 4.86. The third-order valence-corrected chi connectivity index (χ3v) is 7.17. The summed E-state index contributed by atoms with van der Waals surface area (Å²) in [5.74, 6) is 1.04. The number of ether oxygens (including phenoxy) is 2. The molecule has 0 bridgehead atoms. The van der Waals surface area contributed by atoms with E-state index in [1.165, 1.54) is 0 Å². The molecule has 1 aliphatic heterocycles. The summed E-state index contributed by atoms with van der Waals surface area (Å²) in [6.45, 7) is 11.6. The van der Waals surface area contributed by atoms with E-state index in [1.54, 1.807) is 11.9 Å². The average Bonchev–Trinajstić information content (AvgIpc) is 3.31. The van der Waals surface area contributed by atoms with E-state index >= 15 is 0 Å². The van der Waals surface area contributed by atoms with Gasteiger partial charge in [-0.05, 0) is 62.8 Å². The molecule has 1 heterocycles. The van der Waals surface area contributed by atoms with Gasteiger partial charge in [0.25, 0.3) is 5.91 Å². The molecule has 3 aromatic carbocycles. The van der Waals surface area contributed by atoms with Crippen LogP contribution in [0.15, 0.2) is 66.7 Å². The van der Waals surface area contributed by atoms with E-state index in [4.69, 9.17) is 9.47 Å². The first-order valence-electron chi connectivity index (χ1n) is 14.3. The molecule has 2 amide bonds. The minimum absolute atomic E-state index is 0.0699. The van der Waals surface area contributed by atoms with Gasteiger partial charge in [-0.25, -0.2) is 0 Å². The molecule has 0 radical (unpaired) electrons. The normalized spacial score (nSPS) is 13.5. The van der Waals surface area contributed by atoms with Crippen LogP contribution in [0.5, 0.6) is 11.5 Å². The second-order valence-electron chi connectivity index (χ2n) is 9.68. The van der Waals surface area contributed by atoms with Crippen LogP contribution in [-0.4, -0.2) is 56.6 Å². The molecule has 0 spiro atoms. The molecule has 0 saturated heterocycles. The number of nitrogens with one attached hydrogen (secondary N) is 2. The molecule has 8 nitrogen and oxygen atoms in total. The quantitative estimate of drug-likeness (QED) is 0.247. The maximum Gasteiger partial charge on any atom is 0.258 e. The Labute approximate surface area is 242 Å². The molecule has 0 fully saturated rings. The largest absolute Gasteiger partial charge is 0.490 e. The van der Waals surface area contributed by atoms with Crippen molar-refractivity contribution in [3.63, 3.8) is 0 Å². The maximum atomic E-state index is 13.4. The maximum absolute atomic E-state index is 13.4. The molecule has 1 aliphatic rings. The van der Waals surface area contributed by atoms with Gasteiger partial charge in [-0.2, -0.15) is 0 Å². The Balaban J connectivity index is 1.66. The van der Waals surface area contributed by atoms with E-state index in [-0.39, 0.29) is 11.8 Å². The summed E-state index contributed by atoms with van der Waals surface area (Å²) in [5, 5.41) is 6.48. The number of carbonyl (C=O) groups is 2. The molecule has 0 aliphatic carbocycles. The Hall–Kier alpha value is -4.30. The highest BCUT2D eigenvalue weighted by atomic mass is 16.5. The summed E-state index contributed by atoms with van der Waals surface area (Å²) in [7, 11) is 1.80. The van der Waals surface area contributed by atoms with Crippen LogP contribution < -0.4 is 25.0 Å². The third kappa shape index (κ3) is 6.89. The van der Waals surface area contributed by atoms with Gasteiger partial charge in [0.05, 0.1) is 30.2 Å². The standard InChI is InChI=1S/C33H40N4O4/c1-6-37(7-2)20-19-30(38)36(5)25-17-15-24(16-18-25)34-32(23-13-11-10-12-14-23)31-26-21-28(40-8-3)29(41-9-4)22-27(26)35-33(31)39/h10-18,21-22,34H,6-9,19-20H2,1-5H3,(H,35,39). The van der Waals surface area contributed by atoms with E-state index in [0.29, 0.717) is 48.1 Å². The summed E-state index contributed by atoms with van der Waals surface area (Å²) in [5.41, 5.74) is 5.07. The number of fused-ring (bicyclic) bond motifs is 1.